The molecule has 5 heteroatoms. The lowest BCUT2D eigenvalue weighted by molar-refractivity contribution is -0.142. The lowest BCUT2D eigenvalue weighted by atomic mass is 10.1. The Labute approximate surface area is 100 Å². The van der Waals surface area contributed by atoms with Gasteiger partial charge in [-0.2, -0.15) is 0 Å². The third-order valence-electron chi connectivity index (χ3n) is 2.53. The van der Waals surface area contributed by atoms with Crippen molar-refractivity contribution in [1.82, 2.24) is 5.32 Å². The van der Waals surface area contributed by atoms with Crippen LogP contribution in [0.2, 0.25) is 0 Å². The molecule has 0 aliphatic carbocycles. The number of esters is 1. The van der Waals surface area contributed by atoms with E-state index in [1.807, 2.05) is 0 Å². The Bertz CT molecular complexity index is 405. The highest BCUT2D eigenvalue weighted by Crippen LogP contribution is 2.27. The first-order valence-corrected chi connectivity index (χ1v) is 5.31. The number of nitrogens with one attached hydrogen (secondary N) is 1. The van der Waals surface area contributed by atoms with Gasteiger partial charge in [-0.15, -0.1) is 0 Å². The van der Waals surface area contributed by atoms with Gasteiger partial charge in [0.05, 0.1) is 7.11 Å². The summed E-state index contributed by atoms with van der Waals surface area (Å²) < 4.78 is 4.59. The number of carbonyl (C=O) groups excluding carboxylic acids is 1. The van der Waals surface area contributed by atoms with Crippen molar-refractivity contribution >= 4 is 5.97 Å². The molecule has 0 heterocycles. The zero-order chi connectivity index (χ0) is 13.0. The number of benzene rings is 1. The number of phenolic OH excluding ortho intramolecular Hbond substituents is 2. The number of aromatic hydroxyl groups is 2. The van der Waals surface area contributed by atoms with E-state index in [4.69, 9.17) is 0 Å². The van der Waals surface area contributed by atoms with Crippen molar-refractivity contribution in [2.75, 3.05) is 7.11 Å². The van der Waals surface area contributed by atoms with E-state index in [0.717, 1.165) is 0 Å². The summed E-state index contributed by atoms with van der Waals surface area (Å²) in [7, 11) is 1.32. The van der Waals surface area contributed by atoms with Crippen LogP contribution in [0.3, 0.4) is 0 Å². The van der Waals surface area contributed by atoms with E-state index < -0.39 is 6.04 Å². The summed E-state index contributed by atoms with van der Waals surface area (Å²) in [5.41, 5.74) is 0.528. The molecule has 0 radical (unpaired) electrons. The number of ether oxygens (including phenoxy) is 1. The van der Waals surface area contributed by atoms with Gasteiger partial charge in [0, 0.05) is 11.6 Å². The van der Waals surface area contributed by atoms with Crippen LogP contribution in [0, 0.1) is 0 Å². The van der Waals surface area contributed by atoms with Crippen molar-refractivity contribution in [2.24, 2.45) is 0 Å². The van der Waals surface area contributed by atoms with Gasteiger partial charge in [0.2, 0.25) is 0 Å². The number of rotatable bonds is 4. The normalized spacial score (nSPS) is 14.1. The number of hydrogen-bond donors (Lipinski definition) is 3. The van der Waals surface area contributed by atoms with Crippen LogP contribution >= 0.6 is 0 Å². The molecule has 0 spiro atoms. The lowest BCUT2D eigenvalue weighted by Crippen LogP contribution is -2.36. The molecule has 0 fully saturated rings. The molecule has 0 aromatic heterocycles. The smallest absolute Gasteiger partial charge is 0.322 e. The van der Waals surface area contributed by atoms with Crippen molar-refractivity contribution in [3.05, 3.63) is 23.8 Å². The molecule has 94 valence electrons. The monoisotopic (exact) mass is 239 g/mol. The maximum absolute atomic E-state index is 11.2. The van der Waals surface area contributed by atoms with Gasteiger partial charge < -0.3 is 14.9 Å². The molecule has 0 aliphatic rings. The van der Waals surface area contributed by atoms with Gasteiger partial charge in [-0.05, 0) is 32.0 Å². The summed E-state index contributed by atoms with van der Waals surface area (Å²) in [5.74, 6) is -0.242. The molecule has 0 aliphatic heterocycles. The van der Waals surface area contributed by atoms with E-state index in [9.17, 15) is 15.0 Å². The second-order valence-corrected chi connectivity index (χ2v) is 3.88. The molecule has 17 heavy (non-hydrogen) atoms. The fourth-order valence-electron chi connectivity index (χ4n) is 1.60. The standard InChI is InChI=1S/C12H17NO4/c1-7(13-8(2)12(16)17-3)10-6-9(14)4-5-11(10)15/h4-8,13-15H,1-3H3/t7?,8-/m1/s1. The zero-order valence-corrected chi connectivity index (χ0v) is 10.1. The topological polar surface area (TPSA) is 78.8 Å². The van der Waals surface area contributed by atoms with Crippen molar-refractivity contribution < 1.29 is 19.7 Å². The lowest BCUT2D eigenvalue weighted by Gasteiger charge is -2.19. The molecule has 2 atom stereocenters. The predicted octanol–water partition coefficient (Wildman–Crippen LogP) is 1.31. The Hall–Kier alpha value is -1.75. The van der Waals surface area contributed by atoms with Gasteiger partial charge in [0.1, 0.15) is 17.5 Å². The minimum atomic E-state index is -0.489. The zero-order valence-electron chi connectivity index (χ0n) is 10.1. The Morgan fingerprint density at radius 1 is 1.35 bits per heavy atom. The van der Waals surface area contributed by atoms with Crippen LogP contribution in [-0.4, -0.2) is 29.3 Å². The third-order valence-corrected chi connectivity index (χ3v) is 2.53. The molecule has 0 saturated heterocycles. The van der Waals surface area contributed by atoms with Crippen molar-refractivity contribution in [1.29, 1.82) is 0 Å². The van der Waals surface area contributed by atoms with Gasteiger partial charge in [-0.25, -0.2) is 0 Å². The summed E-state index contributed by atoms with van der Waals surface area (Å²) in [6.45, 7) is 3.45. The van der Waals surface area contributed by atoms with Crippen molar-refractivity contribution in [2.45, 2.75) is 25.9 Å². The second kappa shape index (κ2) is 5.54. The highest BCUT2D eigenvalue weighted by Gasteiger charge is 2.18. The summed E-state index contributed by atoms with van der Waals surface area (Å²) in [6, 6.07) is 3.49. The highest BCUT2D eigenvalue weighted by molar-refractivity contribution is 5.75. The largest absolute Gasteiger partial charge is 0.508 e. The Morgan fingerprint density at radius 2 is 2.00 bits per heavy atom. The molecule has 3 N–H and O–H groups in total. The second-order valence-electron chi connectivity index (χ2n) is 3.88. The van der Waals surface area contributed by atoms with E-state index in [1.54, 1.807) is 13.8 Å². The third kappa shape index (κ3) is 3.35. The van der Waals surface area contributed by atoms with Gasteiger partial charge >= 0.3 is 5.97 Å². The molecular weight excluding hydrogens is 222 g/mol. The molecule has 0 amide bonds. The van der Waals surface area contributed by atoms with E-state index in [2.05, 4.69) is 10.1 Å². The summed E-state index contributed by atoms with van der Waals surface area (Å²) in [5, 5.41) is 22.0. The van der Waals surface area contributed by atoms with Gasteiger partial charge in [-0.3, -0.25) is 10.1 Å². The van der Waals surface area contributed by atoms with Crippen LogP contribution in [0.25, 0.3) is 0 Å². The number of phenols is 2. The summed E-state index contributed by atoms with van der Waals surface area (Å²) in [4.78, 5) is 11.2. The number of methoxy groups -OCH3 is 1. The maximum atomic E-state index is 11.2. The van der Waals surface area contributed by atoms with E-state index >= 15 is 0 Å². The minimum absolute atomic E-state index is 0.0668. The first-order chi connectivity index (χ1) is 7.95. The molecule has 5 nitrogen and oxygen atoms in total. The van der Waals surface area contributed by atoms with Crippen LogP contribution in [-0.2, 0) is 9.53 Å². The maximum Gasteiger partial charge on any atom is 0.322 e. The molecule has 1 unspecified atom stereocenters. The van der Waals surface area contributed by atoms with E-state index in [-0.39, 0.29) is 23.5 Å². The molecule has 0 bridgehead atoms. The fraction of sp³-hybridized carbons (Fsp3) is 0.417. The van der Waals surface area contributed by atoms with Crippen LogP contribution in [0.1, 0.15) is 25.5 Å². The quantitative estimate of drug-likeness (QED) is 0.545. The first kappa shape index (κ1) is 13.3. The molecule has 1 rings (SSSR count). The van der Waals surface area contributed by atoms with Crippen LogP contribution in [0.15, 0.2) is 18.2 Å². The highest BCUT2D eigenvalue weighted by atomic mass is 16.5. The number of hydrogen-bond acceptors (Lipinski definition) is 5. The van der Waals surface area contributed by atoms with E-state index in [1.165, 1.54) is 25.3 Å². The average molecular weight is 239 g/mol. The summed E-state index contributed by atoms with van der Waals surface area (Å²) in [6.07, 6.45) is 0. The van der Waals surface area contributed by atoms with Crippen LogP contribution < -0.4 is 5.32 Å². The SMILES string of the molecule is COC(=O)[C@@H](C)NC(C)c1cc(O)ccc1O. The number of carbonyl (C=O) groups is 1. The van der Waals surface area contributed by atoms with Gasteiger partial charge in [0.15, 0.2) is 0 Å². The predicted molar refractivity (Wildman–Crippen MR) is 62.8 cm³/mol. The molecule has 1 aromatic rings. The Balaban J connectivity index is 2.79. The first-order valence-electron chi connectivity index (χ1n) is 5.31. The fourth-order valence-corrected chi connectivity index (χ4v) is 1.60. The van der Waals surface area contributed by atoms with Crippen LogP contribution in [0.5, 0.6) is 11.5 Å². The van der Waals surface area contributed by atoms with Gasteiger partial charge in [0.25, 0.3) is 0 Å². The van der Waals surface area contributed by atoms with Crippen molar-refractivity contribution in [3.63, 3.8) is 0 Å². The Kier molecular flexibility index (Phi) is 4.34. The van der Waals surface area contributed by atoms with Crippen molar-refractivity contribution in [3.8, 4) is 11.5 Å². The van der Waals surface area contributed by atoms with Gasteiger partial charge in [-0.1, -0.05) is 0 Å². The summed E-state index contributed by atoms with van der Waals surface area (Å²) >= 11 is 0. The molecule has 0 saturated carbocycles. The average Bonchev–Trinajstić information content (AvgIpc) is 2.30. The Morgan fingerprint density at radius 3 is 2.59 bits per heavy atom. The molecular formula is C12H17NO4. The molecule has 1 aromatic carbocycles. The minimum Gasteiger partial charge on any atom is -0.508 e. The van der Waals surface area contributed by atoms with Crippen LogP contribution in [0.4, 0.5) is 0 Å². The van der Waals surface area contributed by atoms with E-state index in [0.29, 0.717) is 5.56 Å².